The van der Waals surface area contributed by atoms with Crippen LogP contribution in [0.2, 0.25) is 0 Å². The molecular formula is C21H30N2O3. The number of hydrogen-bond acceptors (Lipinski definition) is 4. The number of furan rings is 1. The molecule has 0 spiro atoms. The number of fused-ring (bicyclic) bond motifs is 1. The van der Waals surface area contributed by atoms with Crippen LogP contribution in [0.25, 0.3) is 11.0 Å². The molecule has 1 amide bonds. The molecule has 26 heavy (non-hydrogen) atoms. The fourth-order valence-electron chi connectivity index (χ4n) is 3.79. The van der Waals surface area contributed by atoms with Crippen LogP contribution in [0.15, 0.2) is 28.7 Å². The summed E-state index contributed by atoms with van der Waals surface area (Å²) >= 11 is 0. The van der Waals surface area contributed by atoms with E-state index in [-0.39, 0.29) is 5.91 Å². The van der Waals surface area contributed by atoms with Crippen molar-refractivity contribution in [1.29, 1.82) is 0 Å². The second kappa shape index (κ2) is 9.19. The van der Waals surface area contributed by atoms with Gasteiger partial charge in [-0.25, -0.2) is 0 Å². The number of carbonyl (C=O) groups excluding carboxylic acids is 1. The maximum atomic E-state index is 13.0. The van der Waals surface area contributed by atoms with Crippen molar-refractivity contribution in [3.63, 3.8) is 0 Å². The van der Waals surface area contributed by atoms with Gasteiger partial charge in [0.1, 0.15) is 11.3 Å². The second-order valence-corrected chi connectivity index (χ2v) is 7.03. The smallest absolute Gasteiger partial charge is 0.255 e. The molecule has 1 aliphatic heterocycles. The number of likely N-dealkylation sites (tertiary alicyclic amines) is 1. The van der Waals surface area contributed by atoms with Crippen molar-refractivity contribution in [2.45, 2.75) is 45.1 Å². The summed E-state index contributed by atoms with van der Waals surface area (Å²) in [4.78, 5) is 15.4. The van der Waals surface area contributed by atoms with Crippen LogP contribution >= 0.6 is 0 Å². The van der Waals surface area contributed by atoms with Crippen LogP contribution in [0, 0.1) is 0 Å². The van der Waals surface area contributed by atoms with E-state index in [0.717, 1.165) is 67.7 Å². The number of methoxy groups -OCH3 is 1. The monoisotopic (exact) mass is 358 g/mol. The first-order valence-corrected chi connectivity index (χ1v) is 9.76. The number of benzene rings is 1. The normalized spacial score (nSPS) is 17.8. The van der Waals surface area contributed by atoms with Crippen molar-refractivity contribution < 1.29 is 13.9 Å². The molecule has 1 aliphatic rings. The Bertz CT molecular complexity index is 725. The molecular weight excluding hydrogens is 328 g/mol. The number of hydrogen-bond donors (Lipinski definition) is 1. The predicted molar refractivity (Wildman–Crippen MR) is 104 cm³/mol. The number of rotatable bonds is 9. The number of para-hydroxylation sites is 1. The summed E-state index contributed by atoms with van der Waals surface area (Å²) in [6.45, 7) is 5.57. The molecule has 0 aliphatic carbocycles. The number of aryl methyl sites for hydroxylation is 1. The predicted octanol–water partition coefficient (Wildman–Crippen LogP) is 3.62. The van der Waals surface area contributed by atoms with E-state index in [1.54, 1.807) is 7.11 Å². The molecule has 0 bridgehead atoms. The second-order valence-electron chi connectivity index (χ2n) is 7.03. The molecule has 5 nitrogen and oxygen atoms in total. The van der Waals surface area contributed by atoms with Gasteiger partial charge in [0.2, 0.25) is 0 Å². The quantitative estimate of drug-likeness (QED) is 0.744. The zero-order valence-electron chi connectivity index (χ0n) is 15.9. The Kier molecular flexibility index (Phi) is 6.69. The van der Waals surface area contributed by atoms with Crippen molar-refractivity contribution in [2.75, 3.05) is 33.4 Å². The molecule has 142 valence electrons. The van der Waals surface area contributed by atoms with Crippen molar-refractivity contribution in [3.8, 4) is 0 Å². The van der Waals surface area contributed by atoms with Crippen LogP contribution in [0.1, 0.15) is 48.7 Å². The van der Waals surface area contributed by atoms with Crippen molar-refractivity contribution in [1.82, 2.24) is 10.2 Å². The molecule has 5 heteroatoms. The number of carbonyl (C=O) groups is 1. The highest BCUT2D eigenvalue weighted by molar-refractivity contribution is 6.07. The van der Waals surface area contributed by atoms with Crippen LogP contribution in [-0.4, -0.2) is 50.2 Å². The lowest BCUT2D eigenvalue weighted by Crippen LogP contribution is -2.41. The van der Waals surface area contributed by atoms with Gasteiger partial charge >= 0.3 is 0 Å². The van der Waals surface area contributed by atoms with Crippen molar-refractivity contribution in [3.05, 3.63) is 35.6 Å². The standard InChI is InChI=1S/C21H30N2O3/c1-3-4-10-19-20(17-9-5-6-11-18(17)26-19)21(24)22-15-16-8-7-12-23(16)13-14-25-2/h5-6,9,11,16H,3-4,7-8,10,12-15H2,1-2H3,(H,22,24). The Morgan fingerprint density at radius 2 is 2.23 bits per heavy atom. The minimum absolute atomic E-state index is 0.0142. The zero-order chi connectivity index (χ0) is 18.4. The van der Waals surface area contributed by atoms with Gasteiger partial charge in [0.15, 0.2) is 0 Å². The van der Waals surface area contributed by atoms with Crippen molar-refractivity contribution in [2.24, 2.45) is 0 Å². The summed E-state index contributed by atoms with van der Waals surface area (Å²) in [5.74, 6) is 0.799. The largest absolute Gasteiger partial charge is 0.460 e. The van der Waals surface area contributed by atoms with Gasteiger partial charge in [-0.3, -0.25) is 9.69 Å². The first-order valence-electron chi connectivity index (χ1n) is 9.76. The van der Waals surface area contributed by atoms with Gasteiger partial charge in [0.05, 0.1) is 12.2 Å². The van der Waals surface area contributed by atoms with Crippen LogP contribution in [0.4, 0.5) is 0 Å². The molecule has 1 N–H and O–H groups in total. The lowest BCUT2D eigenvalue weighted by molar-refractivity contribution is 0.0932. The Hall–Kier alpha value is -1.85. The van der Waals surface area contributed by atoms with E-state index < -0.39 is 0 Å². The molecule has 0 radical (unpaired) electrons. The van der Waals surface area contributed by atoms with Gasteiger partial charge < -0.3 is 14.5 Å². The summed E-state index contributed by atoms with van der Waals surface area (Å²) in [6.07, 6.45) is 5.21. The van der Waals surface area contributed by atoms with Crippen molar-refractivity contribution >= 4 is 16.9 Å². The maximum absolute atomic E-state index is 13.0. The molecule has 1 fully saturated rings. The summed E-state index contributed by atoms with van der Waals surface area (Å²) < 4.78 is 11.2. The number of nitrogens with one attached hydrogen (secondary N) is 1. The fourth-order valence-corrected chi connectivity index (χ4v) is 3.79. The topological polar surface area (TPSA) is 54.7 Å². The summed E-state index contributed by atoms with van der Waals surface area (Å²) in [5, 5.41) is 4.08. The molecule has 3 rings (SSSR count). The van der Waals surface area contributed by atoms with E-state index in [2.05, 4.69) is 17.1 Å². The Morgan fingerprint density at radius 3 is 3.04 bits per heavy atom. The highest BCUT2D eigenvalue weighted by Gasteiger charge is 2.26. The minimum Gasteiger partial charge on any atom is -0.460 e. The van der Waals surface area contributed by atoms with Gasteiger partial charge in [0, 0.05) is 38.0 Å². The molecule has 0 saturated carbocycles. The molecule has 1 unspecified atom stereocenters. The molecule has 1 aromatic carbocycles. The van der Waals surface area contributed by atoms with E-state index in [0.29, 0.717) is 12.6 Å². The van der Waals surface area contributed by atoms with E-state index in [1.807, 2.05) is 24.3 Å². The minimum atomic E-state index is -0.0142. The highest BCUT2D eigenvalue weighted by Crippen LogP contribution is 2.27. The molecule has 1 aromatic heterocycles. The summed E-state index contributed by atoms with van der Waals surface area (Å²) in [5.41, 5.74) is 1.52. The van der Waals surface area contributed by atoms with Gasteiger partial charge in [-0.2, -0.15) is 0 Å². The highest BCUT2D eigenvalue weighted by atomic mass is 16.5. The summed E-state index contributed by atoms with van der Waals surface area (Å²) in [6, 6.07) is 8.21. The SMILES string of the molecule is CCCCc1oc2ccccc2c1C(=O)NCC1CCCN1CCOC. The lowest BCUT2D eigenvalue weighted by atomic mass is 10.1. The average Bonchev–Trinajstić information content (AvgIpc) is 3.26. The third-order valence-electron chi connectivity index (χ3n) is 5.23. The number of ether oxygens (including phenoxy) is 1. The van der Waals surface area contributed by atoms with E-state index in [9.17, 15) is 4.79 Å². The third-order valence-corrected chi connectivity index (χ3v) is 5.23. The Labute approximate surface area is 155 Å². The van der Waals surface area contributed by atoms with Gasteiger partial charge in [-0.15, -0.1) is 0 Å². The zero-order valence-corrected chi connectivity index (χ0v) is 15.9. The van der Waals surface area contributed by atoms with E-state index in [4.69, 9.17) is 9.15 Å². The van der Waals surface area contributed by atoms with E-state index in [1.165, 1.54) is 6.42 Å². The molecule has 1 atom stereocenters. The first kappa shape index (κ1) is 18.9. The van der Waals surface area contributed by atoms with Gasteiger partial charge in [0.25, 0.3) is 5.91 Å². The first-order chi connectivity index (χ1) is 12.7. The van der Waals surface area contributed by atoms with Gasteiger partial charge in [-0.1, -0.05) is 31.5 Å². The van der Waals surface area contributed by atoms with E-state index >= 15 is 0 Å². The molecule has 2 aromatic rings. The van der Waals surface area contributed by atoms with Gasteiger partial charge in [-0.05, 0) is 31.9 Å². The Balaban J connectivity index is 1.71. The average molecular weight is 358 g/mol. The van der Waals surface area contributed by atoms with Crippen LogP contribution in [0.5, 0.6) is 0 Å². The lowest BCUT2D eigenvalue weighted by Gasteiger charge is -2.24. The molecule has 1 saturated heterocycles. The fraction of sp³-hybridized carbons (Fsp3) is 0.571. The Morgan fingerprint density at radius 1 is 1.38 bits per heavy atom. The third kappa shape index (κ3) is 4.27. The molecule has 2 heterocycles. The van der Waals surface area contributed by atoms with Crippen LogP contribution in [-0.2, 0) is 11.2 Å². The maximum Gasteiger partial charge on any atom is 0.255 e. The van der Waals surface area contributed by atoms with Crippen LogP contribution < -0.4 is 5.32 Å². The summed E-state index contributed by atoms with van der Waals surface area (Å²) in [7, 11) is 1.73. The van der Waals surface area contributed by atoms with Crippen LogP contribution in [0.3, 0.4) is 0 Å². The number of nitrogens with zero attached hydrogens (tertiary/aromatic N) is 1. The number of amides is 1. The number of unbranched alkanes of at least 4 members (excludes halogenated alkanes) is 1.